The van der Waals surface area contributed by atoms with E-state index in [0.717, 1.165) is 43.5 Å². The number of nitrogens with zero attached hydrogens (tertiary/aromatic N) is 3. The first-order chi connectivity index (χ1) is 16.6. The Morgan fingerprint density at radius 3 is 2.79 bits per heavy atom. The molecule has 1 saturated carbocycles. The number of hydrazine groups is 1. The van der Waals surface area contributed by atoms with E-state index in [1.165, 1.54) is 25.7 Å². The van der Waals surface area contributed by atoms with Gasteiger partial charge in [0.05, 0.1) is 0 Å². The maximum absolute atomic E-state index is 11.3. The number of benzene rings is 1. The van der Waals surface area contributed by atoms with Gasteiger partial charge in [-0.3, -0.25) is 4.79 Å². The number of aliphatic hydroxyl groups is 1. The van der Waals surface area contributed by atoms with Crippen molar-refractivity contribution in [1.29, 1.82) is 5.26 Å². The van der Waals surface area contributed by atoms with Crippen molar-refractivity contribution in [3.63, 3.8) is 0 Å². The highest BCUT2D eigenvalue weighted by Gasteiger charge is 2.40. The van der Waals surface area contributed by atoms with Crippen LogP contribution in [0.25, 0.3) is 0 Å². The Morgan fingerprint density at radius 1 is 1.29 bits per heavy atom. The number of nitriles is 1. The van der Waals surface area contributed by atoms with Gasteiger partial charge >= 0.3 is 0 Å². The van der Waals surface area contributed by atoms with Crippen molar-refractivity contribution in [3.8, 4) is 6.19 Å². The molecule has 0 radical (unpaired) electrons. The average Bonchev–Trinajstić information content (AvgIpc) is 2.85. The molecule has 0 spiro atoms. The van der Waals surface area contributed by atoms with Crippen LogP contribution in [0.15, 0.2) is 36.2 Å². The van der Waals surface area contributed by atoms with Crippen molar-refractivity contribution in [2.24, 2.45) is 23.4 Å². The van der Waals surface area contributed by atoms with Crippen LogP contribution in [0.5, 0.6) is 0 Å². The van der Waals surface area contributed by atoms with Crippen molar-refractivity contribution < 1.29 is 9.90 Å². The first-order valence-corrected chi connectivity index (χ1v) is 12.6. The third kappa shape index (κ3) is 6.87. The Bertz CT molecular complexity index is 854. The monoisotopic (exact) mass is 468 g/mol. The molecule has 0 bridgehead atoms. The Hall–Kier alpha value is -2.76. The Kier molecular flexibility index (Phi) is 10.0. The van der Waals surface area contributed by atoms with Gasteiger partial charge < -0.3 is 26.1 Å². The third-order valence-electron chi connectivity index (χ3n) is 7.51. The lowest BCUT2D eigenvalue weighted by Crippen LogP contribution is -2.49. The number of unbranched alkanes of at least 4 members (excludes halogenated alkanes) is 1. The van der Waals surface area contributed by atoms with Gasteiger partial charge in [0.1, 0.15) is 0 Å². The number of piperidine rings is 1. The van der Waals surface area contributed by atoms with Crippen molar-refractivity contribution >= 4 is 12.1 Å². The number of fused-ring (bicyclic) bond motifs is 1. The largest absolute Gasteiger partial charge is 0.401 e. The van der Waals surface area contributed by atoms with Gasteiger partial charge in [-0.2, -0.15) is 5.26 Å². The predicted molar refractivity (Wildman–Crippen MR) is 134 cm³/mol. The lowest BCUT2D eigenvalue weighted by molar-refractivity contribution is -0.105. The Balaban J connectivity index is 1.81. The number of anilines is 1. The minimum absolute atomic E-state index is 0.0428. The number of hydrogen-bond donors (Lipinski definition) is 4. The van der Waals surface area contributed by atoms with Gasteiger partial charge in [-0.1, -0.05) is 37.5 Å². The summed E-state index contributed by atoms with van der Waals surface area (Å²) >= 11 is 0. The molecule has 1 amide bonds. The Labute approximate surface area is 203 Å². The van der Waals surface area contributed by atoms with Crippen LogP contribution in [0, 0.1) is 23.3 Å². The number of nitrogens with one attached hydrogen (secondary N) is 1. The van der Waals surface area contributed by atoms with Gasteiger partial charge in [-0.25, -0.2) is 5.84 Å². The van der Waals surface area contributed by atoms with Gasteiger partial charge in [0.15, 0.2) is 6.19 Å². The molecule has 6 N–H and O–H groups in total. The van der Waals surface area contributed by atoms with E-state index in [-0.39, 0.29) is 18.6 Å². The molecule has 2 fully saturated rings. The van der Waals surface area contributed by atoms with Crippen molar-refractivity contribution in [1.82, 2.24) is 9.91 Å². The van der Waals surface area contributed by atoms with E-state index in [1.54, 1.807) is 11.2 Å². The molecule has 2 aliphatic rings. The van der Waals surface area contributed by atoms with E-state index in [0.29, 0.717) is 36.9 Å². The SMILES string of the molecule is N#CN1CC2CCCCC2CC1C(CCN(N)/C=C(\N)CCCCO)c1ccccc1NC=O. The van der Waals surface area contributed by atoms with E-state index >= 15 is 0 Å². The highest BCUT2D eigenvalue weighted by molar-refractivity contribution is 5.73. The van der Waals surface area contributed by atoms with E-state index in [2.05, 4.69) is 17.6 Å². The van der Waals surface area contributed by atoms with Gasteiger partial charge in [0.25, 0.3) is 0 Å². The summed E-state index contributed by atoms with van der Waals surface area (Å²) in [6.45, 7) is 1.55. The molecule has 1 aromatic carbocycles. The van der Waals surface area contributed by atoms with E-state index < -0.39 is 0 Å². The zero-order valence-corrected chi connectivity index (χ0v) is 20.1. The second kappa shape index (κ2) is 13.2. The van der Waals surface area contributed by atoms with E-state index in [1.807, 2.05) is 23.1 Å². The molecule has 3 rings (SSSR count). The summed E-state index contributed by atoms with van der Waals surface area (Å²) in [7, 11) is 0. The number of carbonyl (C=O) groups excluding carboxylic acids is 1. The molecule has 8 nitrogen and oxygen atoms in total. The van der Waals surface area contributed by atoms with Crippen LogP contribution in [0.2, 0.25) is 0 Å². The lowest BCUT2D eigenvalue weighted by Gasteiger charge is -2.47. The topological polar surface area (TPSA) is 132 Å². The highest BCUT2D eigenvalue weighted by Crippen LogP contribution is 2.44. The standard InChI is InChI=1S/C26H40N6O2/c27-18-31-16-21-8-2-1-7-20(21)15-26(31)24(23-10-3-4-11-25(23)30-19-34)12-13-32(29)17-22(28)9-5-6-14-33/h3-4,10-11,17,19-21,24,26,33H,1-2,5-9,12-16,28-29H2,(H,30,34)/b22-17-. The number of amides is 1. The summed E-state index contributed by atoms with van der Waals surface area (Å²) in [5, 5.41) is 23.5. The fraction of sp³-hybridized carbons (Fsp3) is 0.615. The molecule has 4 atom stereocenters. The number of rotatable bonds is 12. The average molecular weight is 469 g/mol. The molecular formula is C26H40N6O2. The van der Waals surface area contributed by atoms with Crippen molar-refractivity contribution in [2.75, 3.05) is 25.0 Å². The molecule has 0 aromatic heterocycles. The molecule has 1 heterocycles. The molecule has 1 aromatic rings. The smallest absolute Gasteiger partial charge is 0.211 e. The fourth-order valence-corrected chi connectivity index (χ4v) is 5.80. The van der Waals surface area contributed by atoms with E-state index in [9.17, 15) is 10.1 Å². The van der Waals surface area contributed by atoms with Gasteiger partial charge in [0, 0.05) is 49.2 Å². The molecule has 8 heteroatoms. The summed E-state index contributed by atoms with van der Waals surface area (Å²) in [5.41, 5.74) is 8.64. The minimum Gasteiger partial charge on any atom is -0.401 e. The maximum Gasteiger partial charge on any atom is 0.211 e. The lowest BCUT2D eigenvalue weighted by atomic mass is 9.69. The van der Waals surface area contributed by atoms with Crippen LogP contribution in [-0.4, -0.2) is 47.2 Å². The maximum atomic E-state index is 11.3. The highest BCUT2D eigenvalue weighted by atomic mass is 16.2. The summed E-state index contributed by atoms with van der Waals surface area (Å²) in [4.78, 5) is 13.3. The van der Waals surface area contributed by atoms with Crippen LogP contribution in [0.4, 0.5) is 5.69 Å². The fourth-order valence-electron chi connectivity index (χ4n) is 5.80. The number of allylic oxidation sites excluding steroid dienone is 1. The summed E-state index contributed by atoms with van der Waals surface area (Å²) in [5.74, 6) is 7.57. The second-order valence-corrected chi connectivity index (χ2v) is 9.73. The van der Waals surface area contributed by atoms with Gasteiger partial charge in [-0.15, -0.1) is 0 Å². The molecular weight excluding hydrogens is 428 g/mol. The summed E-state index contributed by atoms with van der Waals surface area (Å²) in [6.07, 6.45) is 13.9. The van der Waals surface area contributed by atoms with E-state index in [4.69, 9.17) is 16.7 Å². The molecule has 34 heavy (non-hydrogen) atoms. The first kappa shape index (κ1) is 25.9. The molecule has 1 aliphatic carbocycles. The predicted octanol–water partition coefficient (Wildman–Crippen LogP) is 3.23. The number of aliphatic hydroxyl groups excluding tert-OH is 1. The molecule has 1 aliphatic heterocycles. The van der Waals surface area contributed by atoms with Crippen molar-refractivity contribution in [2.45, 2.75) is 69.7 Å². The zero-order valence-electron chi connectivity index (χ0n) is 20.1. The van der Waals surface area contributed by atoms with Crippen LogP contribution in [-0.2, 0) is 4.79 Å². The molecule has 1 saturated heterocycles. The number of para-hydroxylation sites is 1. The van der Waals surface area contributed by atoms with Crippen LogP contribution in [0.1, 0.15) is 69.3 Å². The van der Waals surface area contributed by atoms with Gasteiger partial charge in [0.2, 0.25) is 6.41 Å². The number of likely N-dealkylation sites (tertiary alicyclic amines) is 1. The number of hydrogen-bond acceptors (Lipinski definition) is 7. The number of nitrogens with two attached hydrogens (primary N) is 2. The summed E-state index contributed by atoms with van der Waals surface area (Å²) < 4.78 is 0. The molecule has 4 unspecified atom stereocenters. The Morgan fingerprint density at radius 2 is 2.06 bits per heavy atom. The van der Waals surface area contributed by atoms with Crippen LogP contribution in [0.3, 0.4) is 0 Å². The minimum atomic E-state index is 0.0428. The van der Waals surface area contributed by atoms with Crippen molar-refractivity contribution in [3.05, 3.63) is 41.7 Å². The second-order valence-electron chi connectivity index (χ2n) is 9.73. The van der Waals surface area contributed by atoms with Gasteiger partial charge in [-0.05, 0) is 62.0 Å². The third-order valence-corrected chi connectivity index (χ3v) is 7.51. The summed E-state index contributed by atoms with van der Waals surface area (Å²) in [6, 6.07) is 7.94. The first-order valence-electron chi connectivity index (χ1n) is 12.6. The quantitative estimate of drug-likeness (QED) is 0.122. The zero-order chi connectivity index (χ0) is 24.3. The normalized spacial score (nSPS) is 23.5. The van der Waals surface area contributed by atoms with Crippen LogP contribution >= 0.6 is 0 Å². The molecule has 186 valence electrons. The number of carbonyl (C=O) groups is 1. The van der Waals surface area contributed by atoms with Crippen LogP contribution < -0.4 is 16.9 Å².